The largest absolute Gasteiger partial charge is 0.457 e. The van der Waals surface area contributed by atoms with Gasteiger partial charge in [-0.3, -0.25) is 15.1 Å². The number of ether oxygens (including phenoxy) is 1. The fraction of sp³-hybridized carbons (Fsp3) is 0.655. The number of nitrogens with zero attached hydrogens (tertiary/aromatic N) is 7. The highest BCUT2D eigenvalue weighted by Gasteiger charge is 2.56. The summed E-state index contributed by atoms with van der Waals surface area (Å²) in [5.41, 5.74) is 0.178. The van der Waals surface area contributed by atoms with E-state index in [4.69, 9.17) is 20.1 Å². The maximum atomic E-state index is 14.3. The van der Waals surface area contributed by atoms with Crippen molar-refractivity contribution in [2.24, 2.45) is 0 Å². The van der Waals surface area contributed by atoms with E-state index in [1.807, 2.05) is 0 Å². The number of amidine groups is 1. The molecule has 45 heavy (non-hydrogen) atoms. The first-order valence-corrected chi connectivity index (χ1v) is 15.5. The molecule has 0 unspecified atom stereocenters. The van der Waals surface area contributed by atoms with Gasteiger partial charge in [0, 0.05) is 38.5 Å². The molecule has 2 saturated heterocycles. The lowest BCUT2D eigenvalue weighted by Crippen LogP contribution is -2.45. The van der Waals surface area contributed by atoms with Gasteiger partial charge < -0.3 is 19.9 Å². The van der Waals surface area contributed by atoms with Crippen LogP contribution in [-0.2, 0) is 21.6 Å². The molecule has 2 aromatic rings. The predicted molar refractivity (Wildman–Crippen MR) is 153 cm³/mol. The van der Waals surface area contributed by atoms with Gasteiger partial charge in [-0.2, -0.15) is 13.2 Å². The van der Waals surface area contributed by atoms with Crippen LogP contribution < -0.4 is 15.1 Å². The third kappa shape index (κ3) is 5.49. The predicted octanol–water partition coefficient (Wildman–Crippen LogP) is 5.04. The number of nitrogens with one attached hydrogen (secondary N) is 2. The second-order valence-corrected chi connectivity index (χ2v) is 12.6. The van der Waals surface area contributed by atoms with Crippen molar-refractivity contribution >= 4 is 35.2 Å². The van der Waals surface area contributed by atoms with E-state index in [-0.39, 0.29) is 63.3 Å². The average molecular weight is 636 g/mol. The normalized spacial score (nSPS) is 24.0. The Morgan fingerprint density at radius 1 is 1.00 bits per heavy atom. The van der Waals surface area contributed by atoms with Crippen LogP contribution in [0.3, 0.4) is 0 Å². The molecular formula is C29H34F5N9O2. The number of piperidine rings is 1. The molecule has 2 saturated carbocycles. The van der Waals surface area contributed by atoms with Crippen LogP contribution in [-0.4, -0.2) is 80.6 Å². The lowest BCUT2D eigenvalue weighted by molar-refractivity contribution is -0.169. The van der Waals surface area contributed by atoms with Crippen molar-refractivity contribution in [1.82, 2.24) is 24.8 Å². The molecule has 5 aliphatic rings. The first-order valence-electron chi connectivity index (χ1n) is 15.5. The highest BCUT2D eigenvalue weighted by atomic mass is 19.4. The number of hydrogen-bond donors (Lipinski definition) is 2. The Hall–Kier alpha value is -3.85. The van der Waals surface area contributed by atoms with Crippen molar-refractivity contribution in [3.63, 3.8) is 0 Å². The highest BCUT2D eigenvalue weighted by molar-refractivity contribution is 6.13. The molecular weight excluding hydrogens is 601 g/mol. The van der Waals surface area contributed by atoms with Crippen molar-refractivity contribution in [3.05, 3.63) is 23.8 Å². The van der Waals surface area contributed by atoms with Gasteiger partial charge in [-0.05, 0) is 38.5 Å². The minimum atomic E-state index is -4.48. The van der Waals surface area contributed by atoms with Gasteiger partial charge in [0.25, 0.3) is 11.9 Å². The SMILES string of the molecule is N=C(OCc1nc(NC2CC2)c2c(n1)N(c1cnc(N3CCC(F)(F)CC3)nc1)C(=O)C21CCCC1)N1CCC[C@@H]1C(F)(F)F. The van der Waals surface area contributed by atoms with E-state index in [1.165, 1.54) is 17.3 Å². The van der Waals surface area contributed by atoms with Crippen molar-refractivity contribution in [1.29, 1.82) is 5.41 Å². The number of alkyl halides is 5. The van der Waals surface area contributed by atoms with Crippen LogP contribution in [0.1, 0.15) is 75.6 Å². The summed E-state index contributed by atoms with van der Waals surface area (Å²) in [7, 11) is 0. The lowest BCUT2D eigenvalue weighted by atomic mass is 9.80. The molecule has 11 nitrogen and oxygen atoms in total. The maximum absolute atomic E-state index is 14.3. The van der Waals surface area contributed by atoms with Gasteiger partial charge in [0.1, 0.15) is 17.7 Å². The number of carbonyl (C=O) groups is 1. The van der Waals surface area contributed by atoms with Gasteiger partial charge in [-0.15, -0.1) is 0 Å². The molecule has 5 heterocycles. The zero-order valence-corrected chi connectivity index (χ0v) is 24.5. The number of hydrogen-bond acceptors (Lipinski definition) is 9. The zero-order chi connectivity index (χ0) is 31.6. The Bertz CT molecular complexity index is 1470. The number of fused-ring (bicyclic) bond motifs is 2. The standard InChI is InChI=1S/C29H34F5N9O2/c30-28(31)9-12-41(13-10-28)26-36-14-18(15-37-26)43-23-21(27(24(43)44)7-1-2-8-27)22(38-17-5-6-17)39-20(40-23)16-45-25(35)42-11-3-4-19(42)29(32,33)34/h14-15,17,19,35H,1-13,16H2,(H,38,39,40)/t19-/m1/s1. The number of likely N-dealkylation sites (tertiary alicyclic amines) is 1. The summed E-state index contributed by atoms with van der Waals surface area (Å²) in [5.74, 6) is -1.67. The van der Waals surface area contributed by atoms with Crippen molar-refractivity contribution in [3.8, 4) is 0 Å². The number of anilines is 4. The molecule has 4 fully saturated rings. The topological polar surface area (TPSA) is 123 Å². The quantitative estimate of drug-likeness (QED) is 0.255. The van der Waals surface area contributed by atoms with E-state index in [9.17, 15) is 26.7 Å². The summed E-state index contributed by atoms with van der Waals surface area (Å²) in [4.78, 5) is 36.6. The van der Waals surface area contributed by atoms with Crippen molar-refractivity contribution < 1.29 is 31.5 Å². The third-order valence-corrected chi connectivity index (χ3v) is 9.50. The molecule has 1 atom stereocenters. The molecule has 2 N–H and O–H groups in total. The fourth-order valence-corrected chi connectivity index (χ4v) is 6.98. The lowest BCUT2D eigenvalue weighted by Gasteiger charge is -2.31. The average Bonchev–Trinajstić information content (AvgIpc) is 3.38. The molecule has 0 aromatic carbocycles. The van der Waals surface area contributed by atoms with Gasteiger partial charge in [-0.1, -0.05) is 12.8 Å². The molecule has 1 spiro atoms. The van der Waals surface area contributed by atoms with E-state index in [2.05, 4.69) is 15.3 Å². The van der Waals surface area contributed by atoms with Crippen LogP contribution in [0.4, 0.5) is 45.2 Å². The van der Waals surface area contributed by atoms with E-state index < -0.39 is 29.6 Å². The van der Waals surface area contributed by atoms with Crippen molar-refractivity contribution in [2.45, 2.75) is 100 Å². The molecule has 242 valence electrons. The van der Waals surface area contributed by atoms with Gasteiger partial charge >= 0.3 is 6.18 Å². The Morgan fingerprint density at radius 2 is 1.69 bits per heavy atom. The van der Waals surface area contributed by atoms with E-state index in [0.29, 0.717) is 48.1 Å². The van der Waals surface area contributed by atoms with Crippen LogP contribution >= 0.6 is 0 Å². The van der Waals surface area contributed by atoms with E-state index >= 15 is 0 Å². The molecule has 16 heteroatoms. The Morgan fingerprint density at radius 3 is 2.33 bits per heavy atom. The molecule has 2 aliphatic carbocycles. The van der Waals surface area contributed by atoms with Crippen LogP contribution in [0, 0.1) is 5.41 Å². The molecule has 0 radical (unpaired) electrons. The maximum Gasteiger partial charge on any atom is 0.408 e. The summed E-state index contributed by atoms with van der Waals surface area (Å²) < 4.78 is 73.4. The summed E-state index contributed by atoms with van der Waals surface area (Å²) in [6.45, 7) is -0.0759. The minimum Gasteiger partial charge on any atom is -0.457 e. The molecule has 7 rings (SSSR count). The smallest absolute Gasteiger partial charge is 0.408 e. The highest BCUT2D eigenvalue weighted by Crippen LogP contribution is 2.55. The minimum absolute atomic E-state index is 0.0587. The van der Waals surface area contributed by atoms with Crippen LogP contribution in [0.25, 0.3) is 0 Å². The van der Waals surface area contributed by atoms with Crippen LogP contribution in [0.2, 0.25) is 0 Å². The number of carbonyl (C=O) groups excluding carboxylic acids is 1. The molecule has 1 amide bonds. The van der Waals surface area contributed by atoms with Gasteiger partial charge in [0.2, 0.25) is 11.9 Å². The van der Waals surface area contributed by atoms with Crippen LogP contribution in [0.15, 0.2) is 12.4 Å². The Labute approximate surface area is 256 Å². The number of aromatic nitrogens is 4. The zero-order valence-electron chi connectivity index (χ0n) is 24.5. The fourth-order valence-electron chi connectivity index (χ4n) is 6.98. The molecule has 2 aromatic heterocycles. The third-order valence-electron chi connectivity index (χ3n) is 9.50. The number of amides is 1. The second-order valence-electron chi connectivity index (χ2n) is 12.6. The van der Waals surface area contributed by atoms with Gasteiger partial charge in [-0.25, -0.2) is 28.7 Å². The van der Waals surface area contributed by atoms with Gasteiger partial charge in [0.15, 0.2) is 12.4 Å². The first-order chi connectivity index (χ1) is 21.5. The summed E-state index contributed by atoms with van der Waals surface area (Å²) in [6, 6.07) is -2.21. The monoisotopic (exact) mass is 635 g/mol. The number of rotatable bonds is 6. The number of halogens is 5. The first kappa shape index (κ1) is 29.8. The van der Waals surface area contributed by atoms with Crippen LogP contribution in [0.5, 0.6) is 0 Å². The summed E-state index contributed by atoms with van der Waals surface area (Å²) in [6.07, 6.45) is 2.86. The summed E-state index contributed by atoms with van der Waals surface area (Å²) >= 11 is 0. The van der Waals surface area contributed by atoms with E-state index in [0.717, 1.165) is 30.6 Å². The Balaban J connectivity index is 1.20. The molecule has 3 aliphatic heterocycles. The van der Waals surface area contributed by atoms with E-state index in [1.54, 1.807) is 4.90 Å². The second kappa shape index (κ2) is 10.9. The van der Waals surface area contributed by atoms with Crippen molar-refractivity contribution in [2.75, 3.05) is 34.8 Å². The molecule has 0 bridgehead atoms. The summed E-state index contributed by atoms with van der Waals surface area (Å²) in [5, 5.41) is 11.7. The Kier molecular flexibility index (Phi) is 7.23. The van der Waals surface area contributed by atoms with Gasteiger partial charge in [0.05, 0.1) is 29.1 Å².